The Morgan fingerprint density at radius 3 is 2.25 bits per heavy atom. The van der Waals surface area contributed by atoms with Crippen LogP contribution in [0.5, 0.6) is 0 Å². The fourth-order valence-electron chi connectivity index (χ4n) is 0.965. The van der Waals surface area contributed by atoms with E-state index in [0.29, 0.717) is 0 Å². The minimum absolute atomic E-state index is 0.0462. The molecule has 0 aliphatic heterocycles. The van der Waals surface area contributed by atoms with Crippen molar-refractivity contribution in [2.45, 2.75) is 0 Å². The summed E-state index contributed by atoms with van der Waals surface area (Å²) in [5.74, 6) is -1.27. The zero-order valence-corrected chi connectivity index (χ0v) is 10.2. The van der Waals surface area contributed by atoms with E-state index in [9.17, 15) is 12.8 Å². The average molecular weight is 288 g/mol. The van der Waals surface area contributed by atoms with Gasteiger partial charge in [-0.3, -0.25) is 4.72 Å². The van der Waals surface area contributed by atoms with Gasteiger partial charge in [0, 0.05) is 0 Å². The molecule has 0 atom stereocenters. The molecule has 2 N–H and O–H groups in total. The Kier molecular flexibility index (Phi) is 4.37. The topological polar surface area (TPSA) is 66.4 Å². The molecule has 0 unspecified atom stereocenters. The lowest BCUT2D eigenvalue weighted by atomic mass is 10.3. The third kappa shape index (κ3) is 3.48. The van der Waals surface area contributed by atoms with E-state index in [1.54, 1.807) is 0 Å². The number of halogens is 3. The van der Waals surface area contributed by atoms with Gasteiger partial charge in [-0.1, -0.05) is 23.2 Å². The summed E-state index contributed by atoms with van der Waals surface area (Å²) in [6, 6.07) is 2.19. The lowest BCUT2D eigenvalue weighted by Gasteiger charge is -2.08. The molecule has 1 aromatic carbocycles. The van der Waals surface area contributed by atoms with Gasteiger partial charge in [0.15, 0.2) is 5.82 Å². The fourth-order valence-corrected chi connectivity index (χ4v) is 2.27. The van der Waals surface area contributed by atoms with Crippen molar-refractivity contribution in [3.05, 3.63) is 28.0 Å². The maximum Gasteiger partial charge on any atom is 0.234 e. The predicted molar refractivity (Wildman–Crippen MR) is 60.9 cm³/mol. The molecule has 1 rings (SSSR count). The largest absolute Gasteiger partial charge is 0.395 e. The van der Waals surface area contributed by atoms with Crippen LogP contribution in [-0.4, -0.2) is 25.9 Å². The Hall–Kier alpha value is -0.560. The maximum atomic E-state index is 13.0. The molecule has 0 aliphatic carbocycles. The summed E-state index contributed by atoms with van der Waals surface area (Å²) in [5.41, 5.74) is 0.0462. The average Bonchev–Trinajstić information content (AvgIpc) is 2.13. The number of rotatable bonds is 4. The normalized spacial score (nSPS) is 11.5. The van der Waals surface area contributed by atoms with Crippen LogP contribution in [0.3, 0.4) is 0 Å². The second-order valence-corrected chi connectivity index (χ2v) is 5.55. The van der Waals surface area contributed by atoms with Gasteiger partial charge in [0.1, 0.15) is 0 Å². The predicted octanol–water partition coefficient (Wildman–Crippen LogP) is 1.87. The molecule has 0 aromatic heterocycles. The molecule has 1 aromatic rings. The lowest BCUT2D eigenvalue weighted by molar-refractivity contribution is 0.320. The van der Waals surface area contributed by atoms with Gasteiger partial charge in [-0.2, -0.15) is 0 Å². The van der Waals surface area contributed by atoms with Gasteiger partial charge < -0.3 is 5.11 Å². The van der Waals surface area contributed by atoms with Crippen molar-refractivity contribution in [2.24, 2.45) is 0 Å². The summed E-state index contributed by atoms with van der Waals surface area (Å²) < 4.78 is 37.6. The molecule has 0 saturated heterocycles. The first-order chi connectivity index (χ1) is 7.35. The van der Waals surface area contributed by atoms with E-state index in [2.05, 4.69) is 4.72 Å². The molecule has 0 bridgehead atoms. The highest BCUT2D eigenvalue weighted by molar-refractivity contribution is 7.92. The lowest BCUT2D eigenvalue weighted by Crippen LogP contribution is -2.18. The van der Waals surface area contributed by atoms with Crippen molar-refractivity contribution in [3.8, 4) is 0 Å². The van der Waals surface area contributed by atoms with E-state index >= 15 is 0 Å². The van der Waals surface area contributed by atoms with Crippen LogP contribution in [0, 0.1) is 5.82 Å². The summed E-state index contributed by atoms with van der Waals surface area (Å²) in [5, 5.41) is 7.94. The number of anilines is 1. The molecule has 0 heterocycles. The van der Waals surface area contributed by atoms with E-state index < -0.39 is 28.2 Å². The number of sulfonamides is 1. The first-order valence-electron chi connectivity index (χ1n) is 4.11. The van der Waals surface area contributed by atoms with Gasteiger partial charge in [0.05, 0.1) is 28.1 Å². The smallest absolute Gasteiger partial charge is 0.234 e. The van der Waals surface area contributed by atoms with E-state index in [4.69, 9.17) is 28.3 Å². The molecule has 0 radical (unpaired) electrons. The molecule has 90 valence electrons. The summed E-state index contributed by atoms with van der Waals surface area (Å²) in [7, 11) is -3.67. The molecule has 0 saturated carbocycles. The Bertz CT molecular complexity index is 469. The Morgan fingerprint density at radius 1 is 1.31 bits per heavy atom. The molecule has 8 heteroatoms. The number of aliphatic hydroxyl groups excluding tert-OH is 1. The van der Waals surface area contributed by atoms with Crippen LogP contribution >= 0.6 is 23.2 Å². The first kappa shape index (κ1) is 13.5. The molecule has 0 amide bonds. The highest BCUT2D eigenvalue weighted by Gasteiger charge is 2.13. The molecule has 0 aliphatic rings. The third-order valence-electron chi connectivity index (χ3n) is 1.62. The van der Waals surface area contributed by atoms with E-state index in [-0.39, 0.29) is 15.7 Å². The van der Waals surface area contributed by atoms with Crippen molar-refractivity contribution in [1.82, 2.24) is 0 Å². The number of benzene rings is 1. The van der Waals surface area contributed by atoms with Gasteiger partial charge in [-0.25, -0.2) is 12.8 Å². The van der Waals surface area contributed by atoms with Gasteiger partial charge in [-0.15, -0.1) is 0 Å². The maximum absolute atomic E-state index is 13.0. The number of nitrogens with one attached hydrogen (secondary N) is 1. The Labute approximate surface area is 102 Å². The van der Waals surface area contributed by atoms with Crippen molar-refractivity contribution in [1.29, 1.82) is 0 Å². The van der Waals surface area contributed by atoms with Gasteiger partial charge in [-0.05, 0) is 12.1 Å². The second-order valence-electron chi connectivity index (χ2n) is 2.90. The van der Waals surface area contributed by atoms with E-state index in [1.165, 1.54) is 0 Å². The number of hydrogen-bond acceptors (Lipinski definition) is 3. The highest BCUT2D eigenvalue weighted by Crippen LogP contribution is 2.27. The summed E-state index contributed by atoms with van der Waals surface area (Å²) >= 11 is 11.0. The summed E-state index contributed by atoms with van der Waals surface area (Å²) in [4.78, 5) is 0. The molecule has 16 heavy (non-hydrogen) atoms. The number of hydrogen-bond donors (Lipinski definition) is 2. The zero-order valence-electron chi connectivity index (χ0n) is 7.87. The minimum Gasteiger partial charge on any atom is -0.395 e. The highest BCUT2D eigenvalue weighted by atomic mass is 35.5. The van der Waals surface area contributed by atoms with Crippen molar-refractivity contribution < 1.29 is 17.9 Å². The number of aliphatic hydroxyl groups is 1. The summed E-state index contributed by atoms with van der Waals surface area (Å²) in [6.45, 7) is -0.516. The molecular formula is C8H8Cl2FNO3S. The van der Waals surface area contributed by atoms with E-state index in [0.717, 1.165) is 12.1 Å². The Balaban J connectivity index is 2.99. The minimum atomic E-state index is -3.67. The first-order valence-corrected chi connectivity index (χ1v) is 6.52. The van der Waals surface area contributed by atoms with Crippen LogP contribution in [0.2, 0.25) is 10.0 Å². The van der Waals surface area contributed by atoms with Gasteiger partial charge in [0.2, 0.25) is 10.0 Å². The standard InChI is InChI=1S/C8H8Cl2FNO3S/c9-6-3-5(4-7(10)8(6)11)12-16(14,15)2-1-13/h3-4,12-13H,1-2H2. The van der Waals surface area contributed by atoms with Gasteiger partial charge in [0.25, 0.3) is 0 Å². The van der Waals surface area contributed by atoms with Crippen LogP contribution in [-0.2, 0) is 10.0 Å². The quantitative estimate of drug-likeness (QED) is 0.831. The Morgan fingerprint density at radius 2 is 1.81 bits per heavy atom. The van der Waals surface area contributed by atoms with Crippen LogP contribution in [0.1, 0.15) is 0 Å². The summed E-state index contributed by atoms with van der Waals surface area (Å²) in [6.07, 6.45) is 0. The van der Waals surface area contributed by atoms with Crippen LogP contribution in [0.4, 0.5) is 10.1 Å². The SMILES string of the molecule is O=S(=O)(CCO)Nc1cc(Cl)c(F)c(Cl)c1. The molecule has 0 fully saturated rings. The van der Waals surface area contributed by atoms with Crippen molar-refractivity contribution in [2.75, 3.05) is 17.1 Å². The molecular weight excluding hydrogens is 280 g/mol. The van der Waals surface area contributed by atoms with E-state index in [1.807, 2.05) is 0 Å². The van der Waals surface area contributed by atoms with Crippen molar-refractivity contribution in [3.63, 3.8) is 0 Å². The molecule has 4 nitrogen and oxygen atoms in total. The zero-order chi connectivity index (χ0) is 12.3. The fraction of sp³-hybridized carbons (Fsp3) is 0.250. The third-order valence-corrected chi connectivity index (χ3v) is 3.43. The monoisotopic (exact) mass is 287 g/mol. The van der Waals surface area contributed by atoms with Crippen molar-refractivity contribution >= 4 is 38.9 Å². The second kappa shape index (κ2) is 5.18. The van der Waals surface area contributed by atoms with Crippen LogP contribution in [0.25, 0.3) is 0 Å². The van der Waals surface area contributed by atoms with Crippen LogP contribution in [0.15, 0.2) is 12.1 Å². The van der Waals surface area contributed by atoms with Gasteiger partial charge >= 0.3 is 0 Å². The molecule has 0 spiro atoms. The van der Waals surface area contributed by atoms with Crippen LogP contribution < -0.4 is 4.72 Å².